The first-order chi connectivity index (χ1) is 10.3. The molecule has 0 aliphatic carbocycles. The van der Waals surface area contributed by atoms with Crippen LogP contribution in [0.25, 0.3) is 0 Å². The largest absolute Gasteiger partial charge is 0.457 e. The molecule has 2 nitrogen and oxygen atoms in total. The van der Waals surface area contributed by atoms with Crippen molar-refractivity contribution in [2.24, 2.45) is 0 Å². The van der Waals surface area contributed by atoms with E-state index in [9.17, 15) is 0 Å². The zero-order valence-corrected chi connectivity index (χ0v) is 12.8. The normalized spacial score (nSPS) is 10.1. The van der Waals surface area contributed by atoms with E-state index in [-0.39, 0.29) is 0 Å². The van der Waals surface area contributed by atoms with Gasteiger partial charge in [0, 0.05) is 4.47 Å². The fourth-order valence-electron chi connectivity index (χ4n) is 1.87. The molecule has 104 valence electrons. The zero-order valence-electron chi connectivity index (χ0n) is 11.2. The maximum absolute atomic E-state index is 5.78. The van der Waals surface area contributed by atoms with Crippen LogP contribution in [0.5, 0.6) is 23.0 Å². The molecule has 0 amide bonds. The summed E-state index contributed by atoms with van der Waals surface area (Å²) >= 11 is 3.42. The number of benzene rings is 3. The topological polar surface area (TPSA) is 18.5 Å². The van der Waals surface area contributed by atoms with E-state index < -0.39 is 0 Å². The van der Waals surface area contributed by atoms with E-state index in [1.54, 1.807) is 0 Å². The Labute approximate surface area is 132 Å². The smallest absolute Gasteiger partial charge is 0.128 e. The van der Waals surface area contributed by atoms with E-state index in [0.717, 1.165) is 27.5 Å². The molecule has 0 heterocycles. The molecule has 3 aromatic rings. The van der Waals surface area contributed by atoms with Gasteiger partial charge in [0.2, 0.25) is 0 Å². The van der Waals surface area contributed by atoms with Crippen LogP contribution < -0.4 is 9.47 Å². The van der Waals surface area contributed by atoms with Crippen molar-refractivity contribution in [3.05, 3.63) is 83.3 Å². The molecule has 0 aliphatic heterocycles. The summed E-state index contributed by atoms with van der Waals surface area (Å²) < 4.78 is 12.5. The van der Waals surface area contributed by atoms with E-state index in [1.807, 2.05) is 78.9 Å². The van der Waals surface area contributed by atoms with Gasteiger partial charge in [-0.15, -0.1) is 0 Å². The SMILES string of the molecule is Brc1cccc(Oc2ccc(Oc3ccccc3)cc2)c1. The minimum atomic E-state index is 0.772. The van der Waals surface area contributed by atoms with Gasteiger partial charge in [0.1, 0.15) is 23.0 Å². The Bertz CT molecular complexity index is 709. The van der Waals surface area contributed by atoms with E-state index in [2.05, 4.69) is 15.9 Å². The van der Waals surface area contributed by atoms with Crippen LogP contribution in [0.4, 0.5) is 0 Å². The average molecular weight is 341 g/mol. The Hall–Kier alpha value is -2.26. The first-order valence-electron chi connectivity index (χ1n) is 6.56. The molecule has 21 heavy (non-hydrogen) atoms. The van der Waals surface area contributed by atoms with Crippen LogP contribution in [0.2, 0.25) is 0 Å². The Kier molecular flexibility index (Phi) is 4.22. The molecule has 0 saturated heterocycles. The van der Waals surface area contributed by atoms with Gasteiger partial charge in [0.25, 0.3) is 0 Å². The van der Waals surface area contributed by atoms with Crippen LogP contribution in [0.3, 0.4) is 0 Å². The summed E-state index contributed by atoms with van der Waals surface area (Å²) in [4.78, 5) is 0. The summed E-state index contributed by atoms with van der Waals surface area (Å²) in [6.45, 7) is 0. The fraction of sp³-hybridized carbons (Fsp3) is 0. The van der Waals surface area contributed by atoms with Gasteiger partial charge >= 0.3 is 0 Å². The second-order valence-electron chi connectivity index (χ2n) is 4.45. The summed E-state index contributed by atoms with van der Waals surface area (Å²) in [5.74, 6) is 3.16. The highest BCUT2D eigenvalue weighted by atomic mass is 79.9. The lowest BCUT2D eigenvalue weighted by Crippen LogP contribution is -1.86. The first kappa shape index (κ1) is 13.7. The van der Waals surface area contributed by atoms with Crippen molar-refractivity contribution < 1.29 is 9.47 Å². The van der Waals surface area contributed by atoms with Crippen LogP contribution >= 0.6 is 15.9 Å². The van der Waals surface area contributed by atoms with Gasteiger partial charge in [0.05, 0.1) is 0 Å². The molecule has 0 saturated carbocycles. The number of para-hydroxylation sites is 1. The third-order valence-corrected chi connectivity index (χ3v) is 3.33. The van der Waals surface area contributed by atoms with Gasteiger partial charge in [-0.1, -0.05) is 40.2 Å². The van der Waals surface area contributed by atoms with E-state index in [0.29, 0.717) is 0 Å². The van der Waals surface area contributed by atoms with Crippen molar-refractivity contribution in [3.8, 4) is 23.0 Å². The summed E-state index contributed by atoms with van der Waals surface area (Å²) in [5, 5.41) is 0. The molecule has 0 fully saturated rings. The molecule has 3 aromatic carbocycles. The second kappa shape index (κ2) is 6.46. The molecule has 0 radical (unpaired) electrons. The highest BCUT2D eigenvalue weighted by Crippen LogP contribution is 2.27. The maximum Gasteiger partial charge on any atom is 0.128 e. The molecule has 0 N–H and O–H groups in total. The molecule has 0 atom stereocenters. The molecule has 0 spiro atoms. The molecule has 0 aliphatic rings. The van der Waals surface area contributed by atoms with Gasteiger partial charge < -0.3 is 9.47 Å². The van der Waals surface area contributed by atoms with Crippen LogP contribution in [-0.2, 0) is 0 Å². The quantitative estimate of drug-likeness (QED) is 0.576. The predicted molar refractivity (Wildman–Crippen MR) is 87.2 cm³/mol. The fourth-order valence-corrected chi connectivity index (χ4v) is 2.25. The minimum absolute atomic E-state index is 0.772. The van der Waals surface area contributed by atoms with Gasteiger partial charge in [0.15, 0.2) is 0 Å². The van der Waals surface area contributed by atoms with Gasteiger partial charge in [-0.2, -0.15) is 0 Å². The predicted octanol–water partition coefficient (Wildman–Crippen LogP) is 6.03. The summed E-state index contributed by atoms with van der Waals surface area (Å²) in [6.07, 6.45) is 0. The van der Waals surface area contributed by atoms with Crippen molar-refractivity contribution >= 4 is 15.9 Å². The summed E-state index contributed by atoms with van der Waals surface area (Å²) in [7, 11) is 0. The van der Waals surface area contributed by atoms with Gasteiger partial charge in [-0.05, 0) is 54.6 Å². The van der Waals surface area contributed by atoms with Gasteiger partial charge in [-0.3, -0.25) is 0 Å². The number of hydrogen-bond donors (Lipinski definition) is 0. The Morgan fingerprint density at radius 1 is 0.524 bits per heavy atom. The first-order valence-corrected chi connectivity index (χ1v) is 7.35. The minimum Gasteiger partial charge on any atom is -0.457 e. The Morgan fingerprint density at radius 2 is 1.05 bits per heavy atom. The molecule has 3 heteroatoms. The van der Waals surface area contributed by atoms with E-state index in [4.69, 9.17) is 9.47 Å². The van der Waals surface area contributed by atoms with Crippen LogP contribution in [0.15, 0.2) is 83.3 Å². The maximum atomic E-state index is 5.78. The van der Waals surface area contributed by atoms with Crippen LogP contribution in [-0.4, -0.2) is 0 Å². The summed E-state index contributed by atoms with van der Waals surface area (Å²) in [5.41, 5.74) is 0. The van der Waals surface area contributed by atoms with Crippen LogP contribution in [0, 0.1) is 0 Å². The number of rotatable bonds is 4. The molecule has 0 aromatic heterocycles. The van der Waals surface area contributed by atoms with Crippen LogP contribution in [0.1, 0.15) is 0 Å². The second-order valence-corrected chi connectivity index (χ2v) is 5.36. The highest BCUT2D eigenvalue weighted by Gasteiger charge is 2.00. The lowest BCUT2D eigenvalue weighted by molar-refractivity contribution is 0.469. The van der Waals surface area contributed by atoms with E-state index in [1.165, 1.54) is 0 Å². The average Bonchev–Trinajstić information content (AvgIpc) is 2.50. The molecular weight excluding hydrogens is 328 g/mol. The molecule has 3 rings (SSSR count). The van der Waals surface area contributed by atoms with Crippen molar-refractivity contribution in [3.63, 3.8) is 0 Å². The molecule has 0 unspecified atom stereocenters. The van der Waals surface area contributed by atoms with Crippen molar-refractivity contribution in [2.75, 3.05) is 0 Å². The Balaban J connectivity index is 1.69. The number of ether oxygens (including phenoxy) is 2. The third-order valence-electron chi connectivity index (χ3n) is 2.83. The lowest BCUT2D eigenvalue weighted by atomic mass is 10.3. The van der Waals surface area contributed by atoms with Crippen molar-refractivity contribution in [2.45, 2.75) is 0 Å². The molecular formula is C18H13BrO2. The van der Waals surface area contributed by atoms with Crippen molar-refractivity contribution in [1.29, 1.82) is 0 Å². The molecule has 0 bridgehead atoms. The summed E-state index contributed by atoms with van der Waals surface area (Å²) in [6, 6.07) is 25.0. The van der Waals surface area contributed by atoms with E-state index >= 15 is 0 Å². The van der Waals surface area contributed by atoms with Crippen molar-refractivity contribution in [1.82, 2.24) is 0 Å². The highest BCUT2D eigenvalue weighted by molar-refractivity contribution is 9.10. The lowest BCUT2D eigenvalue weighted by Gasteiger charge is -2.08. The Morgan fingerprint density at radius 3 is 1.67 bits per heavy atom. The zero-order chi connectivity index (χ0) is 14.5. The van der Waals surface area contributed by atoms with Gasteiger partial charge in [-0.25, -0.2) is 0 Å². The monoisotopic (exact) mass is 340 g/mol. The standard InChI is InChI=1S/C18H13BrO2/c19-14-5-4-8-18(13-14)21-17-11-9-16(10-12-17)20-15-6-2-1-3-7-15/h1-13H. The number of halogens is 1. The number of hydrogen-bond acceptors (Lipinski definition) is 2. The third kappa shape index (κ3) is 3.86.